The van der Waals surface area contributed by atoms with E-state index in [1.165, 1.54) is 10.6 Å². The number of nitrogens with zero attached hydrogens (tertiary/aromatic N) is 3. The van der Waals surface area contributed by atoms with Gasteiger partial charge in [0.25, 0.3) is 5.56 Å². The molecule has 3 aromatic rings. The fourth-order valence-electron chi connectivity index (χ4n) is 4.98. The van der Waals surface area contributed by atoms with Crippen molar-refractivity contribution in [1.82, 2.24) is 9.47 Å². The monoisotopic (exact) mass is 531 g/mol. The van der Waals surface area contributed by atoms with E-state index in [-0.39, 0.29) is 29.5 Å². The molecular weight excluding hydrogens is 493 g/mol. The molecule has 1 aliphatic rings. The number of rotatable bonds is 7. The SMILES string of the molecule is CN(C(=O)CC(C)(C)C)[C@@H]1CCN(c2ccc(-n3ccc4cc(C#CCCCCO)ccc4c3=O)cc2F)C1. The minimum absolute atomic E-state index is 0.0390. The van der Waals surface area contributed by atoms with Gasteiger partial charge in [-0.25, -0.2) is 4.39 Å². The first-order chi connectivity index (χ1) is 18.6. The quantitative estimate of drug-likeness (QED) is 0.340. The van der Waals surface area contributed by atoms with E-state index in [2.05, 4.69) is 11.8 Å². The highest BCUT2D eigenvalue weighted by molar-refractivity contribution is 5.83. The maximum atomic E-state index is 15.3. The van der Waals surface area contributed by atoms with Crippen LogP contribution in [0.5, 0.6) is 0 Å². The Balaban J connectivity index is 1.49. The number of aromatic nitrogens is 1. The highest BCUT2D eigenvalue weighted by atomic mass is 19.1. The highest BCUT2D eigenvalue weighted by Gasteiger charge is 2.31. The van der Waals surface area contributed by atoms with Crippen LogP contribution in [0.2, 0.25) is 0 Å². The molecule has 0 saturated carbocycles. The summed E-state index contributed by atoms with van der Waals surface area (Å²) in [5.41, 5.74) is 1.47. The van der Waals surface area contributed by atoms with E-state index in [1.807, 2.05) is 50.9 Å². The topological polar surface area (TPSA) is 65.8 Å². The lowest BCUT2D eigenvalue weighted by atomic mass is 9.91. The minimum atomic E-state index is -0.393. The number of halogens is 1. The van der Waals surface area contributed by atoms with Crippen molar-refractivity contribution in [3.63, 3.8) is 0 Å². The Bertz CT molecular complexity index is 1460. The average Bonchev–Trinajstić information content (AvgIpc) is 3.37. The number of hydrogen-bond acceptors (Lipinski definition) is 4. The largest absolute Gasteiger partial charge is 0.396 e. The lowest BCUT2D eigenvalue weighted by molar-refractivity contribution is -0.133. The van der Waals surface area contributed by atoms with Crippen LogP contribution in [-0.2, 0) is 4.79 Å². The molecule has 4 rings (SSSR count). The van der Waals surface area contributed by atoms with Crippen LogP contribution in [0.15, 0.2) is 53.5 Å². The van der Waals surface area contributed by atoms with E-state index in [0.29, 0.717) is 42.7 Å². The molecule has 1 N–H and O–H groups in total. The van der Waals surface area contributed by atoms with E-state index in [0.717, 1.165) is 30.2 Å². The van der Waals surface area contributed by atoms with Crippen molar-refractivity contribution in [2.75, 3.05) is 31.6 Å². The first kappa shape index (κ1) is 28.4. The summed E-state index contributed by atoms with van der Waals surface area (Å²) in [6.45, 7) is 7.56. The smallest absolute Gasteiger partial charge is 0.262 e. The van der Waals surface area contributed by atoms with Gasteiger partial charge < -0.3 is 14.9 Å². The van der Waals surface area contributed by atoms with Gasteiger partial charge in [-0.1, -0.05) is 32.6 Å². The molecule has 2 heterocycles. The summed E-state index contributed by atoms with van der Waals surface area (Å²) in [4.78, 5) is 29.7. The summed E-state index contributed by atoms with van der Waals surface area (Å²) in [5.74, 6) is 5.93. The number of benzene rings is 2. The van der Waals surface area contributed by atoms with Crippen LogP contribution >= 0.6 is 0 Å². The second-order valence-corrected chi connectivity index (χ2v) is 11.5. The number of pyridine rings is 1. The fraction of sp³-hybridized carbons (Fsp3) is 0.438. The molecule has 1 aliphatic heterocycles. The van der Waals surface area contributed by atoms with Crippen LogP contribution < -0.4 is 10.5 Å². The second kappa shape index (κ2) is 12.0. The van der Waals surface area contributed by atoms with Crippen molar-refractivity contribution in [2.45, 2.75) is 58.9 Å². The summed E-state index contributed by atoms with van der Waals surface area (Å²) >= 11 is 0. The van der Waals surface area contributed by atoms with Gasteiger partial charge in [-0.3, -0.25) is 14.2 Å². The van der Waals surface area contributed by atoms with Crippen molar-refractivity contribution < 1.29 is 14.3 Å². The predicted molar refractivity (Wildman–Crippen MR) is 155 cm³/mol. The molecule has 1 amide bonds. The Kier molecular flexibility index (Phi) is 8.76. The molecule has 1 aromatic heterocycles. The van der Waals surface area contributed by atoms with Gasteiger partial charge in [-0.15, -0.1) is 0 Å². The molecule has 7 heteroatoms. The highest BCUT2D eigenvalue weighted by Crippen LogP contribution is 2.28. The number of anilines is 1. The fourth-order valence-corrected chi connectivity index (χ4v) is 4.98. The van der Waals surface area contributed by atoms with E-state index < -0.39 is 5.82 Å². The number of amides is 1. The van der Waals surface area contributed by atoms with Gasteiger partial charge in [-0.05, 0) is 66.5 Å². The molecule has 2 aromatic carbocycles. The number of fused-ring (bicyclic) bond motifs is 1. The summed E-state index contributed by atoms with van der Waals surface area (Å²) in [5, 5.41) is 10.2. The molecule has 1 fully saturated rings. The number of hydrogen-bond donors (Lipinski definition) is 1. The Morgan fingerprint density at radius 2 is 1.95 bits per heavy atom. The van der Waals surface area contributed by atoms with Gasteiger partial charge in [-0.2, -0.15) is 0 Å². The number of unbranched alkanes of at least 4 members (excludes halogenated alkanes) is 2. The van der Waals surface area contributed by atoms with E-state index in [1.54, 1.807) is 29.3 Å². The second-order valence-electron chi connectivity index (χ2n) is 11.5. The summed E-state index contributed by atoms with van der Waals surface area (Å²) < 4.78 is 16.8. The summed E-state index contributed by atoms with van der Waals surface area (Å²) in [6, 6.07) is 12.2. The van der Waals surface area contributed by atoms with Crippen LogP contribution in [0.25, 0.3) is 16.5 Å². The number of aliphatic hydroxyl groups excluding tert-OH is 1. The van der Waals surface area contributed by atoms with Gasteiger partial charge in [0, 0.05) is 62.8 Å². The molecular formula is C32H38FN3O3. The minimum Gasteiger partial charge on any atom is -0.396 e. The van der Waals surface area contributed by atoms with Gasteiger partial charge in [0.1, 0.15) is 5.82 Å². The van der Waals surface area contributed by atoms with Crippen molar-refractivity contribution >= 4 is 22.4 Å². The maximum absolute atomic E-state index is 15.3. The Morgan fingerprint density at radius 3 is 2.67 bits per heavy atom. The molecule has 206 valence electrons. The third-order valence-electron chi connectivity index (χ3n) is 7.18. The molecule has 0 radical (unpaired) electrons. The Hall–Kier alpha value is -3.63. The predicted octanol–water partition coefficient (Wildman–Crippen LogP) is 5.12. The molecule has 0 aliphatic carbocycles. The van der Waals surface area contributed by atoms with Crippen molar-refractivity contribution in [3.8, 4) is 17.5 Å². The number of carbonyl (C=O) groups excluding carboxylic acids is 1. The zero-order valence-corrected chi connectivity index (χ0v) is 23.3. The maximum Gasteiger partial charge on any atom is 0.262 e. The van der Waals surface area contributed by atoms with Crippen molar-refractivity contribution in [2.24, 2.45) is 5.41 Å². The van der Waals surface area contributed by atoms with Crippen molar-refractivity contribution in [1.29, 1.82) is 0 Å². The third kappa shape index (κ3) is 6.88. The number of likely N-dealkylation sites (N-methyl/N-ethyl adjacent to an activating group) is 1. The van der Waals surface area contributed by atoms with Crippen LogP contribution in [0, 0.1) is 23.1 Å². The lowest BCUT2D eigenvalue weighted by Gasteiger charge is -2.28. The van der Waals surface area contributed by atoms with Gasteiger partial charge in [0.15, 0.2) is 0 Å². The normalized spacial score (nSPS) is 15.3. The Labute approximate surface area is 230 Å². The molecule has 39 heavy (non-hydrogen) atoms. The third-order valence-corrected chi connectivity index (χ3v) is 7.18. The molecule has 1 atom stereocenters. The van der Waals surface area contributed by atoms with Gasteiger partial charge in [0.2, 0.25) is 5.91 Å². The van der Waals surface area contributed by atoms with E-state index in [4.69, 9.17) is 5.11 Å². The van der Waals surface area contributed by atoms with Crippen LogP contribution in [0.1, 0.15) is 58.4 Å². The number of carbonyl (C=O) groups is 1. The van der Waals surface area contributed by atoms with Crippen LogP contribution in [0.3, 0.4) is 0 Å². The van der Waals surface area contributed by atoms with Gasteiger partial charge in [0.05, 0.1) is 17.4 Å². The van der Waals surface area contributed by atoms with E-state index >= 15 is 4.39 Å². The zero-order chi connectivity index (χ0) is 28.2. The molecule has 0 unspecified atom stereocenters. The first-order valence-electron chi connectivity index (χ1n) is 13.6. The zero-order valence-electron chi connectivity index (χ0n) is 23.3. The molecule has 6 nitrogen and oxygen atoms in total. The average molecular weight is 532 g/mol. The molecule has 0 bridgehead atoms. The lowest BCUT2D eigenvalue weighted by Crippen LogP contribution is -2.40. The van der Waals surface area contributed by atoms with Crippen LogP contribution in [0.4, 0.5) is 10.1 Å². The molecule has 0 spiro atoms. The standard InChI is InChI=1S/C32H38FN3O3/c1-32(2,3)21-30(38)34(4)26-15-16-35(22-26)29-13-11-25(20-28(29)33)36-17-14-24-19-23(9-7-5-6-8-18-37)10-12-27(24)31(36)39/h10-14,17,19-20,26,37H,5-6,8,15-16,18,21-22H2,1-4H3/t26-/m1/s1. The van der Waals surface area contributed by atoms with E-state index in [9.17, 15) is 9.59 Å². The van der Waals surface area contributed by atoms with Crippen molar-refractivity contribution in [3.05, 3.63) is 70.4 Å². The Morgan fingerprint density at radius 1 is 1.15 bits per heavy atom. The van der Waals surface area contributed by atoms with Gasteiger partial charge >= 0.3 is 0 Å². The first-order valence-corrected chi connectivity index (χ1v) is 13.6. The number of aliphatic hydroxyl groups is 1. The summed E-state index contributed by atoms with van der Waals surface area (Å²) in [7, 11) is 1.84. The molecule has 1 saturated heterocycles. The summed E-state index contributed by atoms with van der Waals surface area (Å²) in [6.07, 6.45) is 5.23. The van der Waals surface area contributed by atoms with Crippen LogP contribution in [-0.4, -0.2) is 53.3 Å².